The maximum Gasteiger partial charge on any atom is 0.239 e. The average molecular weight is 249 g/mol. The van der Waals surface area contributed by atoms with Crippen molar-refractivity contribution in [2.45, 2.75) is 19.5 Å². The van der Waals surface area contributed by atoms with Crippen LogP contribution in [-0.4, -0.2) is 30.9 Å². The Morgan fingerprint density at radius 2 is 2.28 bits per heavy atom. The number of nitriles is 1. The molecule has 1 rings (SSSR count). The van der Waals surface area contributed by atoms with Crippen molar-refractivity contribution in [3.63, 3.8) is 0 Å². The summed E-state index contributed by atoms with van der Waals surface area (Å²) in [6, 6.07) is 5.75. The number of rotatable bonds is 4. The quantitative estimate of drug-likeness (QED) is 0.874. The molecule has 0 aliphatic rings. The zero-order chi connectivity index (χ0) is 13.7. The molecule has 0 heterocycles. The van der Waals surface area contributed by atoms with Crippen molar-refractivity contribution in [3.8, 4) is 6.07 Å². The van der Waals surface area contributed by atoms with Gasteiger partial charge in [0.25, 0.3) is 0 Å². The maximum absolute atomic E-state index is 13.5. The zero-order valence-corrected chi connectivity index (χ0v) is 10.7. The predicted octanol–water partition coefficient (Wildman–Crippen LogP) is 1.26. The molecule has 0 bridgehead atoms. The van der Waals surface area contributed by atoms with Gasteiger partial charge in [-0.2, -0.15) is 5.26 Å². The maximum atomic E-state index is 13.5. The summed E-state index contributed by atoms with van der Waals surface area (Å²) >= 11 is 0. The van der Waals surface area contributed by atoms with E-state index in [1.165, 1.54) is 23.1 Å². The minimum absolute atomic E-state index is 0.126. The van der Waals surface area contributed by atoms with Crippen molar-refractivity contribution in [1.29, 1.82) is 5.26 Å². The first-order valence-electron chi connectivity index (χ1n) is 5.60. The van der Waals surface area contributed by atoms with E-state index in [0.717, 1.165) is 0 Å². The van der Waals surface area contributed by atoms with Crippen LogP contribution < -0.4 is 5.32 Å². The van der Waals surface area contributed by atoms with Crippen LogP contribution in [0.2, 0.25) is 0 Å². The van der Waals surface area contributed by atoms with E-state index in [4.69, 9.17) is 5.26 Å². The van der Waals surface area contributed by atoms with Gasteiger partial charge >= 0.3 is 0 Å². The molecule has 0 spiro atoms. The largest absolute Gasteiger partial charge is 0.340 e. The fourth-order valence-corrected chi connectivity index (χ4v) is 1.55. The standard InChI is InChI=1S/C13H16FN3O/c1-9(16-2)13(18)17(3)8-11-6-10(7-15)4-5-12(11)14/h4-6,9,16H,8H2,1-3H3. The van der Waals surface area contributed by atoms with E-state index in [1.54, 1.807) is 21.0 Å². The Morgan fingerprint density at radius 3 is 2.83 bits per heavy atom. The highest BCUT2D eigenvalue weighted by atomic mass is 19.1. The zero-order valence-electron chi connectivity index (χ0n) is 10.7. The first-order chi connectivity index (χ1) is 8.49. The Labute approximate surface area is 106 Å². The summed E-state index contributed by atoms with van der Waals surface area (Å²) in [6.45, 7) is 1.88. The number of likely N-dealkylation sites (N-methyl/N-ethyl adjacent to an activating group) is 2. The van der Waals surface area contributed by atoms with E-state index < -0.39 is 5.82 Å². The molecule has 0 fully saturated rings. The molecule has 96 valence electrons. The SMILES string of the molecule is CNC(C)C(=O)N(C)Cc1cc(C#N)ccc1F. The molecule has 18 heavy (non-hydrogen) atoms. The van der Waals surface area contributed by atoms with Crippen molar-refractivity contribution in [1.82, 2.24) is 10.2 Å². The van der Waals surface area contributed by atoms with Crippen LogP contribution in [0.15, 0.2) is 18.2 Å². The molecule has 1 N–H and O–H groups in total. The third-order valence-corrected chi connectivity index (χ3v) is 2.76. The highest BCUT2D eigenvalue weighted by molar-refractivity contribution is 5.81. The predicted molar refractivity (Wildman–Crippen MR) is 66.1 cm³/mol. The van der Waals surface area contributed by atoms with Crippen LogP contribution in [0, 0.1) is 17.1 Å². The lowest BCUT2D eigenvalue weighted by Crippen LogP contribution is -2.41. The number of carbonyl (C=O) groups is 1. The van der Waals surface area contributed by atoms with Crippen molar-refractivity contribution in [2.75, 3.05) is 14.1 Å². The Morgan fingerprint density at radius 1 is 1.61 bits per heavy atom. The van der Waals surface area contributed by atoms with Gasteiger partial charge in [-0.1, -0.05) is 0 Å². The van der Waals surface area contributed by atoms with E-state index in [0.29, 0.717) is 11.1 Å². The molecule has 4 nitrogen and oxygen atoms in total. The third kappa shape index (κ3) is 3.28. The van der Waals surface area contributed by atoms with Gasteiger partial charge in [-0.15, -0.1) is 0 Å². The number of benzene rings is 1. The molecular formula is C13H16FN3O. The Hall–Kier alpha value is -1.93. The van der Waals surface area contributed by atoms with Crippen LogP contribution in [0.25, 0.3) is 0 Å². The van der Waals surface area contributed by atoms with Crippen LogP contribution in [0.1, 0.15) is 18.1 Å². The third-order valence-electron chi connectivity index (χ3n) is 2.76. The van der Waals surface area contributed by atoms with Crippen molar-refractivity contribution < 1.29 is 9.18 Å². The summed E-state index contributed by atoms with van der Waals surface area (Å²) in [5.41, 5.74) is 0.724. The molecule has 0 saturated carbocycles. The summed E-state index contributed by atoms with van der Waals surface area (Å²) < 4.78 is 13.5. The van der Waals surface area contributed by atoms with Gasteiger partial charge in [-0.25, -0.2) is 4.39 Å². The molecular weight excluding hydrogens is 233 g/mol. The van der Waals surface area contributed by atoms with Gasteiger partial charge in [0.2, 0.25) is 5.91 Å². The highest BCUT2D eigenvalue weighted by Gasteiger charge is 2.17. The number of carbonyl (C=O) groups excluding carboxylic acids is 1. The molecule has 0 aliphatic heterocycles. The number of nitrogens with zero attached hydrogens (tertiary/aromatic N) is 2. The first-order valence-corrected chi connectivity index (χ1v) is 5.60. The minimum atomic E-state index is -0.411. The van der Waals surface area contributed by atoms with Gasteiger partial charge in [0.1, 0.15) is 5.82 Å². The van der Waals surface area contributed by atoms with E-state index in [-0.39, 0.29) is 18.5 Å². The number of nitrogens with one attached hydrogen (secondary N) is 1. The van der Waals surface area contributed by atoms with Crippen LogP contribution in [0.5, 0.6) is 0 Å². The van der Waals surface area contributed by atoms with Crippen LogP contribution in [0.3, 0.4) is 0 Å². The average Bonchev–Trinajstić information content (AvgIpc) is 2.39. The highest BCUT2D eigenvalue weighted by Crippen LogP contribution is 2.12. The second kappa shape index (κ2) is 6.12. The summed E-state index contributed by atoms with van der Waals surface area (Å²) in [5, 5.41) is 11.6. The van der Waals surface area contributed by atoms with Gasteiger partial charge in [-0.05, 0) is 32.2 Å². The molecule has 5 heteroatoms. The molecule has 1 aromatic carbocycles. The summed E-state index contributed by atoms with van der Waals surface area (Å²) in [5.74, 6) is -0.537. The number of amides is 1. The van der Waals surface area contributed by atoms with Gasteiger partial charge in [0, 0.05) is 19.2 Å². The lowest BCUT2D eigenvalue weighted by Gasteiger charge is -2.21. The van der Waals surface area contributed by atoms with E-state index in [1.807, 2.05) is 6.07 Å². The fraction of sp³-hybridized carbons (Fsp3) is 0.385. The molecule has 1 amide bonds. The summed E-state index contributed by atoms with van der Waals surface area (Å²) in [6.07, 6.45) is 0. The van der Waals surface area contributed by atoms with Crippen molar-refractivity contribution >= 4 is 5.91 Å². The normalized spacial score (nSPS) is 11.7. The second-order valence-corrected chi connectivity index (χ2v) is 4.12. The fourth-order valence-electron chi connectivity index (χ4n) is 1.55. The molecule has 0 saturated heterocycles. The first kappa shape index (κ1) is 14.1. The molecule has 0 radical (unpaired) electrons. The minimum Gasteiger partial charge on any atom is -0.340 e. The Kier molecular flexibility index (Phi) is 4.81. The van der Waals surface area contributed by atoms with Gasteiger partial charge in [-0.3, -0.25) is 4.79 Å². The molecule has 0 aliphatic carbocycles. The topological polar surface area (TPSA) is 56.1 Å². The number of hydrogen-bond acceptors (Lipinski definition) is 3. The number of halogens is 1. The smallest absolute Gasteiger partial charge is 0.239 e. The molecule has 1 aromatic rings. The van der Waals surface area contributed by atoms with E-state index >= 15 is 0 Å². The van der Waals surface area contributed by atoms with Gasteiger partial charge in [0.15, 0.2) is 0 Å². The Bertz CT molecular complexity index is 482. The van der Waals surface area contributed by atoms with Crippen LogP contribution in [0.4, 0.5) is 4.39 Å². The van der Waals surface area contributed by atoms with Gasteiger partial charge < -0.3 is 10.2 Å². The lowest BCUT2D eigenvalue weighted by atomic mass is 10.1. The van der Waals surface area contributed by atoms with E-state index in [2.05, 4.69) is 5.32 Å². The van der Waals surface area contributed by atoms with Crippen molar-refractivity contribution in [2.24, 2.45) is 0 Å². The lowest BCUT2D eigenvalue weighted by molar-refractivity contribution is -0.132. The molecule has 1 atom stereocenters. The van der Waals surface area contributed by atoms with E-state index in [9.17, 15) is 9.18 Å². The molecule has 0 aromatic heterocycles. The van der Waals surface area contributed by atoms with Gasteiger partial charge in [0.05, 0.1) is 17.7 Å². The summed E-state index contributed by atoms with van der Waals surface area (Å²) in [4.78, 5) is 13.3. The monoisotopic (exact) mass is 249 g/mol. The number of hydrogen-bond donors (Lipinski definition) is 1. The Balaban J connectivity index is 2.85. The molecule has 1 unspecified atom stereocenters. The van der Waals surface area contributed by atoms with Crippen LogP contribution in [-0.2, 0) is 11.3 Å². The van der Waals surface area contributed by atoms with Crippen LogP contribution >= 0.6 is 0 Å². The van der Waals surface area contributed by atoms with Crippen molar-refractivity contribution in [3.05, 3.63) is 35.1 Å². The second-order valence-electron chi connectivity index (χ2n) is 4.12. The summed E-state index contributed by atoms with van der Waals surface area (Å²) in [7, 11) is 3.29.